The van der Waals surface area contributed by atoms with Crippen molar-refractivity contribution >= 4 is 23.1 Å². The first kappa shape index (κ1) is 18.2. The van der Waals surface area contributed by atoms with Crippen LogP contribution in [0.3, 0.4) is 0 Å². The Morgan fingerprint density at radius 2 is 2.07 bits per heavy atom. The highest BCUT2D eigenvalue weighted by Gasteiger charge is 2.32. The molecule has 4 rings (SSSR count). The summed E-state index contributed by atoms with van der Waals surface area (Å²) in [5, 5.41) is 5.52. The number of fused-ring (bicyclic) bond motifs is 1. The number of carbonyl (C=O) groups is 1. The number of carbonyl (C=O) groups excluding carboxylic acids is 1. The maximum absolute atomic E-state index is 14.1. The van der Waals surface area contributed by atoms with E-state index >= 15 is 0 Å². The zero-order valence-corrected chi connectivity index (χ0v) is 15.4. The van der Waals surface area contributed by atoms with Crippen LogP contribution in [0, 0.1) is 12.7 Å². The number of alkyl halides is 1. The summed E-state index contributed by atoms with van der Waals surface area (Å²) in [7, 11) is 1.71. The molecule has 0 aromatic carbocycles. The number of rotatable bonds is 4. The first-order valence-corrected chi connectivity index (χ1v) is 8.79. The molecule has 1 amide bonds. The lowest BCUT2D eigenvalue weighted by molar-refractivity contribution is 0.102. The van der Waals surface area contributed by atoms with E-state index in [0.717, 1.165) is 0 Å². The zero-order valence-electron chi connectivity index (χ0n) is 15.4. The molecule has 4 heterocycles. The maximum atomic E-state index is 14.1. The Hall–Kier alpha value is -3.14. The normalized spacial score (nSPS) is 19.4. The Labute approximate surface area is 159 Å². The summed E-state index contributed by atoms with van der Waals surface area (Å²) in [5.74, 6) is -0.563. The molecule has 1 fully saturated rings. The fourth-order valence-electron chi connectivity index (χ4n) is 3.27. The van der Waals surface area contributed by atoms with Crippen LogP contribution in [0.1, 0.15) is 16.2 Å². The summed E-state index contributed by atoms with van der Waals surface area (Å²) < 4.78 is 29.5. The van der Waals surface area contributed by atoms with Gasteiger partial charge in [-0.05, 0) is 14.0 Å². The molecule has 0 bridgehead atoms. The Bertz CT molecular complexity index is 1020. The minimum atomic E-state index is -0.994. The van der Waals surface area contributed by atoms with E-state index in [-0.39, 0.29) is 29.6 Å². The summed E-state index contributed by atoms with van der Waals surface area (Å²) in [6.07, 6.45) is 4.99. The van der Waals surface area contributed by atoms with Gasteiger partial charge < -0.3 is 19.9 Å². The number of nitrogens with one attached hydrogen (secondary N) is 2. The van der Waals surface area contributed by atoms with Gasteiger partial charge in [-0.3, -0.25) is 4.79 Å². The topological polar surface area (TPSA) is 87.5 Å². The van der Waals surface area contributed by atoms with E-state index in [1.165, 1.54) is 22.9 Å². The SMILES string of the molecule is CNC1CN(c2cnc(C(=O)Nc3cc(F)c4nc(C)cn4c3)cn2)CC1F. The van der Waals surface area contributed by atoms with Crippen LogP contribution in [-0.2, 0) is 0 Å². The van der Waals surface area contributed by atoms with Gasteiger partial charge in [-0.2, -0.15) is 0 Å². The van der Waals surface area contributed by atoms with Gasteiger partial charge in [-0.25, -0.2) is 23.7 Å². The number of aromatic nitrogens is 4. The molecular formula is C18H19F2N7O. The molecule has 0 radical (unpaired) electrons. The van der Waals surface area contributed by atoms with E-state index in [9.17, 15) is 13.6 Å². The van der Waals surface area contributed by atoms with Gasteiger partial charge in [0.1, 0.15) is 17.7 Å². The highest BCUT2D eigenvalue weighted by molar-refractivity contribution is 6.02. The fourth-order valence-corrected chi connectivity index (χ4v) is 3.27. The standard InChI is InChI=1S/C18H19F2N7O/c1-10-6-27-7-11(3-12(19)17(27)24-10)25-18(28)14-4-23-16(5-22-14)26-8-13(20)15(9-26)21-2/h3-7,13,15,21H,8-9H2,1-2H3,(H,25,28). The van der Waals surface area contributed by atoms with Gasteiger partial charge in [-0.15, -0.1) is 0 Å². The van der Waals surface area contributed by atoms with Crippen LogP contribution in [-0.4, -0.2) is 57.6 Å². The molecule has 2 atom stereocenters. The lowest BCUT2D eigenvalue weighted by Crippen LogP contribution is -2.34. The van der Waals surface area contributed by atoms with Crippen molar-refractivity contribution in [2.24, 2.45) is 0 Å². The number of anilines is 2. The minimum absolute atomic E-state index is 0.0761. The maximum Gasteiger partial charge on any atom is 0.275 e. The average Bonchev–Trinajstić information content (AvgIpc) is 3.24. The smallest absolute Gasteiger partial charge is 0.275 e. The number of pyridine rings is 1. The number of halogens is 2. The first-order valence-electron chi connectivity index (χ1n) is 8.79. The van der Waals surface area contributed by atoms with Gasteiger partial charge in [0.25, 0.3) is 5.91 Å². The number of imidazole rings is 1. The number of hydrogen-bond acceptors (Lipinski definition) is 6. The number of amides is 1. The molecule has 10 heteroatoms. The molecule has 28 heavy (non-hydrogen) atoms. The Balaban J connectivity index is 1.48. The van der Waals surface area contributed by atoms with Gasteiger partial charge in [0.05, 0.1) is 36.4 Å². The van der Waals surface area contributed by atoms with Crippen molar-refractivity contribution in [1.29, 1.82) is 0 Å². The summed E-state index contributed by atoms with van der Waals surface area (Å²) in [4.78, 5) is 26.6. The Kier molecular flexibility index (Phi) is 4.63. The molecule has 0 spiro atoms. The molecule has 1 aliphatic heterocycles. The largest absolute Gasteiger partial charge is 0.351 e. The highest BCUT2D eigenvalue weighted by Crippen LogP contribution is 2.20. The third-order valence-electron chi connectivity index (χ3n) is 4.70. The van der Waals surface area contributed by atoms with Crippen molar-refractivity contribution in [1.82, 2.24) is 24.7 Å². The number of likely N-dealkylation sites (N-methyl/N-ethyl adjacent to an activating group) is 1. The van der Waals surface area contributed by atoms with Crippen molar-refractivity contribution in [2.75, 3.05) is 30.4 Å². The first-order chi connectivity index (χ1) is 13.4. The molecule has 3 aromatic rings. The van der Waals surface area contributed by atoms with E-state index in [0.29, 0.717) is 18.1 Å². The number of nitrogens with zero attached hydrogens (tertiary/aromatic N) is 5. The number of aryl methyl sites for hydroxylation is 1. The molecule has 2 unspecified atom stereocenters. The third-order valence-corrected chi connectivity index (χ3v) is 4.70. The monoisotopic (exact) mass is 387 g/mol. The second kappa shape index (κ2) is 7.12. The van der Waals surface area contributed by atoms with Crippen LogP contribution in [0.15, 0.2) is 30.9 Å². The van der Waals surface area contributed by atoms with E-state index in [1.54, 1.807) is 31.3 Å². The van der Waals surface area contributed by atoms with Crippen LogP contribution < -0.4 is 15.5 Å². The van der Waals surface area contributed by atoms with Crippen molar-refractivity contribution in [2.45, 2.75) is 19.1 Å². The zero-order chi connectivity index (χ0) is 19.8. The summed E-state index contributed by atoms with van der Waals surface area (Å²) in [6.45, 7) is 2.45. The van der Waals surface area contributed by atoms with Gasteiger partial charge in [-0.1, -0.05) is 0 Å². The summed E-state index contributed by atoms with van der Waals surface area (Å²) in [5.41, 5.74) is 1.21. The van der Waals surface area contributed by atoms with Crippen molar-refractivity contribution < 1.29 is 13.6 Å². The molecule has 8 nitrogen and oxygen atoms in total. The Morgan fingerprint density at radius 1 is 1.25 bits per heavy atom. The third kappa shape index (κ3) is 3.38. The summed E-state index contributed by atoms with van der Waals surface area (Å²) >= 11 is 0. The lowest BCUT2D eigenvalue weighted by atomic mass is 10.2. The van der Waals surface area contributed by atoms with Crippen molar-refractivity contribution in [3.05, 3.63) is 48.1 Å². The Morgan fingerprint density at radius 3 is 2.75 bits per heavy atom. The fraction of sp³-hybridized carbons (Fsp3) is 0.333. The number of hydrogen-bond donors (Lipinski definition) is 2. The molecule has 1 saturated heterocycles. The quantitative estimate of drug-likeness (QED) is 0.707. The summed E-state index contributed by atoms with van der Waals surface area (Å²) in [6, 6.07) is 0.937. The van der Waals surface area contributed by atoms with Crippen LogP contribution in [0.4, 0.5) is 20.3 Å². The van der Waals surface area contributed by atoms with Crippen molar-refractivity contribution in [3.8, 4) is 0 Å². The van der Waals surface area contributed by atoms with Crippen LogP contribution in [0.2, 0.25) is 0 Å². The second-order valence-electron chi connectivity index (χ2n) is 6.72. The van der Waals surface area contributed by atoms with Gasteiger partial charge >= 0.3 is 0 Å². The molecule has 2 N–H and O–H groups in total. The van der Waals surface area contributed by atoms with Crippen molar-refractivity contribution in [3.63, 3.8) is 0 Å². The van der Waals surface area contributed by atoms with Gasteiger partial charge in [0.15, 0.2) is 11.5 Å². The van der Waals surface area contributed by atoms with Gasteiger partial charge in [0.2, 0.25) is 0 Å². The minimum Gasteiger partial charge on any atom is -0.351 e. The average molecular weight is 387 g/mol. The predicted octanol–water partition coefficient (Wildman–Crippen LogP) is 1.57. The molecule has 1 aliphatic rings. The molecule has 0 saturated carbocycles. The van der Waals surface area contributed by atoms with Crippen LogP contribution in [0.5, 0.6) is 0 Å². The van der Waals surface area contributed by atoms with Crippen LogP contribution >= 0.6 is 0 Å². The molecule has 146 valence electrons. The lowest BCUT2D eigenvalue weighted by Gasteiger charge is -2.16. The highest BCUT2D eigenvalue weighted by atomic mass is 19.1. The predicted molar refractivity (Wildman–Crippen MR) is 99.8 cm³/mol. The van der Waals surface area contributed by atoms with E-state index in [4.69, 9.17) is 0 Å². The molecule has 0 aliphatic carbocycles. The van der Waals surface area contributed by atoms with E-state index < -0.39 is 17.9 Å². The molecule has 3 aromatic heterocycles. The van der Waals surface area contributed by atoms with Crippen LogP contribution in [0.25, 0.3) is 5.65 Å². The molecular weight excluding hydrogens is 368 g/mol. The van der Waals surface area contributed by atoms with E-state index in [2.05, 4.69) is 25.6 Å². The van der Waals surface area contributed by atoms with E-state index in [1.807, 2.05) is 0 Å². The van der Waals surface area contributed by atoms with Gasteiger partial charge in [0, 0.05) is 25.0 Å². The second-order valence-corrected chi connectivity index (χ2v) is 6.72.